The number of rotatable bonds is 11. The lowest BCUT2D eigenvalue weighted by molar-refractivity contribution is -0.176. The maximum absolute atomic E-state index is 12.5. The highest BCUT2D eigenvalue weighted by molar-refractivity contribution is 5.74. The molecule has 4 rings (SSSR count). The molecular weight excluding hydrogens is 432 g/mol. The Labute approximate surface area is 206 Å². The van der Waals surface area contributed by atoms with Crippen LogP contribution in [0.4, 0.5) is 0 Å². The highest BCUT2D eigenvalue weighted by Crippen LogP contribution is 2.53. The van der Waals surface area contributed by atoms with Crippen LogP contribution in [0.25, 0.3) is 0 Å². The maximum atomic E-state index is 12.5. The van der Waals surface area contributed by atoms with Gasteiger partial charge in [0.1, 0.15) is 5.76 Å². The third-order valence-electron chi connectivity index (χ3n) is 8.09. The Bertz CT molecular complexity index is 691. The number of ether oxygens (including phenoxy) is 5. The van der Waals surface area contributed by atoms with Crippen molar-refractivity contribution in [2.75, 3.05) is 19.8 Å². The quantitative estimate of drug-likeness (QED) is 0.257. The molecule has 0 bridgehead atoms. The summed E-state index contributed by atoms with van der Waals surface area (Å²) in [6.45, 7) is 9.04. The molecule has 4 fully saturated rings. The number of fused-ring (bicyclic) bond motifs is 1. The zero-order chi connectivity index (χ0) is 24.0. The van der Waals surface area contributed by atoms with Crippen LogP contribution >= 0.6 is 0 Å². The second-order valence-electron chi connectivity index (χ2n) is 11.7. The summed E-state index contributed by atoms with van der Waals surface area (Å²) in [6.07, 6.45) is 14.8. The van der Waals surface area contributed by atoms with Crippen LogP contribution in [-0.2, 0) is 28.5 Å². The molecule has 4 aliphatic rings. The number of allylic oxidation sites excluding steroid dienone is 1. The summed E-state index contributed by atoms with van der Waals surface area (Å²) in [5.41, 5.74) is -0.508. The third kappa shape index (κ3) is 6.55. The first kappa shape index (κ1) is 26.0. The molecule has 0 aromatic carbocycles. The lowest BCUT2D eigenvalue weighted by Gasteiger charge is -2.35. The van der Waals surface area contributed by atoms with E-state index < -0.39 is 5.60 Å². The fraction of sp³-hybridized carbons (Fsp3) is 0.893. The van der Waals surface area contributed by atoms with Gasteiger partial charge in [0.05, 0.1) is 19.6 Å². The Hall–Kier alpha value is -1.11. The summed E-state index contributed by atoms with van der Waals surface area (Å²) in [5, 5.41) is 0. The molecule has 0 amide bonds. The van der Waals surface area contributed by atoms with Gasteiger partial charge in [0.25, 0.3) is 0 Å². The molecule has 6 heteroatoms. The lowest BCUT2D eigenvalue weighted by atomic mass is 9.82. The number of carbonyl (C=O) groups is 1. The topological polar surface area (TPSA) is 63.2 Å². The van der Waals surface area contributed by atoms with Gasteiger partial charge < -0.3 is 23.7 Å². The van der Waals surface area contributed by atoms with E-state index in [0.29, 0.717) is 18.9 Å². The lowest BCUT2D eigenvalue weighted by Crippen LogP contribution is -2.38. The molecule has 0 radical (unpaired) electrons. The molecule has 2 unspecified atom stereocenters. The van der Waals surface area contributed by atoms with Crippen molar-refractivity contribution in [2.45, 2.75) is 122 Å². The van der Waals surface area contributed by atoms with E-state index >= 15 is 0 Å². The Morgan fingerprint density at radius 3 is 2.53 bits per heavy atom. The number of carbonyl (C=O) groups excluding carboxylic acids is 1. The van der Waals surface area contributed by atoms with Crippen molar-refractivity contribution in [3.63, 3.8) is 0 Å². The van der Waals surface area contributed by atoms with Crippen LogP contribution in [0, 0.1) is 17.3 Å². The van der Waals surface area contributed by atoms with Crippen LogP contribution in [0.15, 0.2) is 11.8 Å². The fourth-order valence-electron chi connectivity index (χ4n) is 6.05. The molecule has 3 saturated heterocycles. The normalized spacial score (nSPS) is 34.7. The zero-order valence-electron chi connectivity index (χ0n) is 21.6. The average molecular weight is 479 g/mol. The number of hydrogen-bond acceptors (Lipinski definition) is 6. The maximum Gasteiger partial charge on any atom is 0.307 e. The van der Waals surface area contributed by atoms with E-state index in [9.17, 15) is 4.79 Å². The monoisotopic (exact) mass is 478 g/mol. The predicted octanol–water partition coefficient (Wildman–Crippen LogP) is 6.28. The van der Waals surface area contributed by atoms with Crippen molar-refractivity contribution in [1.29, 1.82) is 0 Å². The van der Waals surface area contributed by atoms with Crippen LogP contribution in [-0.4, -0.2) is 44.0 Å². The Balaban J connectivity index is 1.50. The number of hydrogen-bond donors (Lipinski definition) is 0. The van der Waals surface area contributed by atoms with Gasteiger partial charge in [-0.05, 0) is 75.2 Å². The highest BCUT2D eigenvalue weighted by atomic mass is 16.7. The minimum Gasteiger partial charge on any atom is -0.465 e. The minimum atomic E-state index is -0.680. The third-order valence-corrected chi connectivity index (χ3v) is 8.09. The van der Waals surface area contributed by atoms with Crippen molar-refractivity contribution in [3.05, 3.63) is 11.8 Å². The number of esters is 1. The van der Waals surface area contributed by atoms with Crippen molar-refractivity contribution in [3.8, 4) is 0 Å². The first-order chi connectivity index (χ1) is 16.4. The van der Waals surface area contributed by atoms with Crippen molar-refractivity contribution in [1.82, 2.24) is 0 Å². The van der Waals surface area contributed by atoms with Crippen molar-refractivity contribution < 1.29 is 28.5 Å². The van der Waals surface area contributed by atoms with Gasteiger partial charge in [-0.3, -0.25) is 4.79 Å². The molecule has 194 valence electrons. The van der Waals surface area contributed by atoms with E-state index in [0.717, 1.165) is 76.8 Å². The van der Waals surface area contributed by atoms with Gasteiger partial charge in [-0.15, -0.1) is 0 Å². The molecule has 0 aromatic rings. The summed E-state index contributed by atoms with van der Waals surface area (Å²) in [6, 6.07) is 0. The van der Waals surface area contributed by atoms with Crippen LogP contribution in [0.2, 0.25) is 0 Å². The second-order valence-corrected chi connectivity index (χ2v) is 11.7. The zero-order valence-corrected chi connectivity index (χ0v) is 21.6. The summed E-state index contributed by atoms with van der Waals surface area (Å²) in [7, 11) is 0. The minimum absolute atomic E-state index is 0.0889. The first-order valence-corrected chi connectivity index (χ1v) is 13.8. The summed E-state index contributed by atoms with van der Waals surface area (Å²) in [5.74, 6) is 1.19. The summed E-state index contributed by atoms with van der Waals surface area (Å²) < 4.78 is 30.6. The average Bonchev–Trinajstić information content (AvgIpc) is 3.33. The molecule has 6 nitrogen and oxygen atoms in total. The largest absolute Gasteiger partial charge is 0.465 e. The van der Waals surface area contributed by atoms with Gasteiger partial charge in [-0.2, -0.15) is 0 Å². The second kappa shape index (κ2) is 11.7. The fourth-order valence-corrected chi connectivity index (χ4v) is 6.05. The molecule has 34 heavy (non-hydrogen) atoms. The van der Waals surface area contributed by atoms with Gasteiger partial charge in [-0.1, -0.05) is 33.6 Å². The van der Waals surface area contributed by atoms with Crippen molar-refractivity contribution in [2.24, 2.45) is 17.3 Å². The van der Waals surface area contributed by atoms with E-state index in [1.807, 2.05) is 0 Å². The Morgan fingerprint density at radius 1 is 1.12 bits per heavy atom. The Kier molecular flexibility index (Phi) is 8.97. The van der Waals surface area contributed by atoms with E-state index in [2.05, 4.69) is 26.8 Å². The Morgan fingerprint density at radius 2 is 1.85 bits per heavy atom. The van der Waals surface area contributed by atoms with E-state index in [-0.39, 0.29) is 29.9 Å². The van der Waals surface area contributed by atoms with E-state index in [4.69, 9.17) is 23.7 Å². The standard InChI is InChI=1S/C28H46O6/c1-4-5-13-27(2,3)14-12-23(33-26-11-7-9-16-31-26)28-19-21(17-22(28)18-24(29)34-28)20-32-25-10-6-8-15-30-25/h12,21-22,25-26H,4-11,13-20H2,1-3H3/t21-,22-,25?,26?,28+/m0/s1. The SMILES string of the molecule is CCCCC(C)(C)CC=C(OC1CCCCO1)[C@@]12C[C@@H](COC3CCCCO3)C[C@H]1CC(=O)O2. The molecule has 3 aliphatic heterocycles. The summed E-state index contributed by atoms with van der Waals surface area (Å²) in [4.78, 5) is 12.5. The van der Waals surface area contributed by atoms with Gasteiger partial charge >= 0.3 is 5.97 Å². The number of unbranched alkanes of at least 4 members (excludes halogenated alkanes) is 1. The highest BCUT2D eigenvalue weighted by Gasteiger charge is 2.59. The van der Waals surface area contributed by atoms with E-state index in [1.54, 1.807) is 0 Å². The van der Waals surface area contributed by atoms with Crippen LogP contribution < -0.4 is 0 Å². The molecule has 0 aromatic heterocycles. The van der Waals surface area contributed by atoms with E-state index in [1.165, 1.54) is 19.3 Å². The molecule has 1 saturated carbocycles. The smallest absolute Gasteiger partial charge is 0.307 e. The van der Waals surface area contributed by atoms with Crippen LogP contribution in [0.3, 0.4) is 0 Å². The molecule has 3 heterocycles. The molecule has 0 spiro atoms. The molecule has 5 atom stereocenters. The van der Waals surface area contributed by atoms with Gasteiger partial charge in [0, 0.05) is 18.9 Å². The molecular formula is C28H46O6. The molecule has 0 N–H and O–H groups in total. The molecule has 1 aliphatic carbocycles. The predicted molar refractivity (Wildman–Crippen MR) is 130 cm³/mol. The van der Waals surface area contributed by atoms with Gasteiger partial charge in [0.15, 0.2) is 18.2 Å². The van der Waals surface area contributed by atoms with Gasteiger partial charge in [-0.25, -0.2) is 0 Å². The first-order valence-electron chi connectivity index (χ1n) is 13.8. The van der Waals surface area contributed by atoms with Crippen molar-refractivity contribution >= 4 is 5.97 Å². The van der Waals surface area contributed by atoms with Crippen LogP contribution in [0.1, 0.15) is 104 Å². The van der Waals surface area contributed by atoms with Crippen LogP contribution in [0.5, 0.6) is 0 Å². The van der Waals surface area contributed by atoms with Gasteiger partial charge in [0.2, 0.25) is 0 Å². The summed E-state index contributed by atoms with van der Waals surface area (Å²) >= 11 is 0.